The Morgan fingerprint density at radius 3 is 2.90 bits per heavy atom. The molecule has 0 unspecified atom stereocenters. The maximum Gasteiger partial charge on any atom is 0.220 e. The van der Waals surface area contributed by atoms with Crippen LogP contribution in [0.5, 0.6) is 5.88 Å². The minimum atomic E-state index is 0.0568. The quantitative estimate of drug-likeness (QED) is 0.678. The summed E-state index contributed by atoms with van der Waals surface area (Å²) in [6.45, 7) is 5.04. The molecule has 5 nitrogen and oxygen atoms in total. The molecular formula is C15H25N3O2. The Morgan fingerprint density at radius 2 is 2.20 bits per heavy atom. The van der Waals surface area contributed by atoms with Crippen molar-refractivity contribution in [3.05, 3.63) is 23.9 Å². The number of unbranched alkanes of at least 4 members (excludes halogenated alkanes) is 2. The fourth-order valence-corrected chi connectivity index (χ4v) is 1.78. The summed E-state index contributed by atoms with van der Waals surface area (Å²) >= 11 is 0. The average molecular weight is 279 g/mol. The standard InChI is InChI=1S/C15H25N3O2/c1-12(2)20-15-13(7-6-10-17-15)11-18-14(19)8-4-3-5-9-16/h6-7,10,12H,3-5,8-9,11,16H2,1-2H3,(H,18,19). The maximum absolute atomic E-state index is 11.7. The number of nitrogens with one attached hydrogen (secondary N) is 1. The summed E-state index contributed by atoms with van der Waals surface area (Å²) < 4.78 is 5.61. The average Bonchev–Trinajstić information content (AvgIpc) is 2.42. The number of carbonyl (C=O) groups excluding carboxylic acids is 1. The van der Waals surface area contributed by atoms with E-state index in [1.54, 1.807) is 6.20 Å². The Balaban J connectivity index is 2.39. The van der Waals surface area contributed by atoms with Gasteiger partial charge in [0.25, 0.3) is 0 Å². The number of carbonyl (C=O) groups is 1. The number of ether oxygens (including phenoxy) is 1. The molecule has 0 fully saturated rings. The van der Waals surface area contributed by atoms with Crippen LogP contribution >= 0.6 is 0 Å². The van der Waals surface area contributed by atoms with E-state index in [1.165, 1.54) is 0 Å². The summed E-state index contributed by atoms with van der Waals surface area (Å²) in [6, 6.07) is 3.76. The van der Waals surface area contributed by atoms with E-state index in [9.17, 15) is 4.79 Å². The molecule has 1 rings (SSSR count). The number of pyridine rings is 1. The van der Waals surface area contributed by atoms with Gasteiger partial charge in [-0.2, -0.15) is 0 Å². The second kappa shape index (κ2) is 9.31. The van der Waals surface area contributed by atoms with Gasteiger partial charge in [-0.25, -0.2) is 4.98 Å². The van der Waals surface area contributed by atoms with Crippen molar-refractivity contribution in [3.8, 4) is 5.88 Å². The van der Waals surface area contributed by atoms with Crippen molar-refractivity contribution in [2.24, 2.45) is 5.73 Å². The molecule has 0 atom stereocenters. The Morgan fingerprint density at radius 1 is 1.40 bits per heavy atom. The molecule has 0 spiro atoms. The lowest BCUT2D eigenvalue weighted by Gasteiger charge is -2.13. The van der Waals surface area contributed by atoms with Crippen molar-refractivity contribution in [3.63, 3.8) is 0 Å². The van der Waals surface area contributed by atoms with Crippen molar-refractivity contribution in [1.82, 2.24) is 10.3 Å². The summed E-state index contributed by atoms with van der Waals surface area (Å²) in [5.74, 6) is 0.646. The molecule has 0 aliphatic rings. The Bertz CT molecular complexity index is 408. The van der Waals surface area contributed by atoms with Gasteiger partial charge in [-0.3, -0.25) is 4.79 Å². The first-order chi connectivity index (χ1) is 9.63. The zero-order valence-electron chi connectivity index (χ0n) is 12.4. The smallest absolute Gasteiger partial charge is 0.220 e. The van der Waals surface area contributed by atoms with E-state index in [0.29, 0.717) is 25.4 Å². The van der Waals surface area contributed by atoms with Crippen LogP contribution in [0, 0.1) is 0 Å². The molecule has 0 aliphatic heterocycles. The molecule has 1 aromatic rings. The summed E-state index contributed by atoms with van der Waals surface area (Å²) in [6.07, 6.45) is 5.15. The number of aromatic nitrogens is 1. The van der Waals surface area contributed by atoms with E-state index in [-0.39, 0.29) is 12.0 Å². The van der Waals surface area contributed by atoms with Crippen LogP contribution in [0.25, 0.3) is 0 Å². The first kappa shape index (κ1) is 16.4. The van der Waals surface area contributed by atoms with Gasteiger partial charge in [0, 0.05) is 24.7 Å². The highest BCUT2D eigenvalue weighted by Gasteiger charge is 2.08. The molecule has 0 aliphatic carbocycles. The van der Waals surface area contributed by atoms with Crippen LogP contribution in [0.4, 0.5) is 0 Å². The lowest BCUT2D eigenvalue weighted by Crippen LogP contribution is -2.23. The molecule has 0 aromatic carbocycles. The molecule has 0 saturated heterocycles. The van der Waals surface area contributed by atoms with Crippen molar-refractivity contribution in [1.29, 1.82) is 0 Å². The van der Waals surface area contributed by atoms with Crippen LogP contribution in [0.15, 0.2) is 18.3 Å². The number of nitrogens with two attached hydrogens (primary N) is 1. The van der Waals surface area contributed by atoms with Gasteiger partial charge in [0.2, 0.25) is 11.8 Å². The maximum atomic E-state index is 11.7. The third-order valence-corrected chi connectivity index (χ3v) is 2.78. The van der Waals surface area contributed by atoms with Gasteiger partial charge in [-0.15, -0.1) is 0 Å². The van der Waals surface area contributed by atoms with Crippen LogP contribution in [-0.2, 0) is 11.3 Å². The SMILES string of the molecule is CC(C)Oc1ncccc1CNC(=O)CCCCCN. The summed E-state index contributed by atoms with van der Waals surface area (Å²) in [7, 11) is 0. The largest absolute Gasteiger partial charge is 0.475 e. The molecule has 112 valence electrons. The van der Waals surface area contributed by atoms with Gasteiger partial charge in [-0.1, -0.05) is 12.5 Å². The predicted octanol–water partition coefficient (Wildman–Crippen LogP) is 2.00. The number of hydrogen-bond donors (Lipinski definition) is 2. The van der Waals surface area contributed by atoms with Crippen LogP contribution in [0.2, 0.25) is 0 Å². The molecular weight excluding hydrogens is 254 g/mol. The van der Waals surface area contributed by atoms with E-state index >= 15 is 0 Å². The monoisotopic (exact) mass is 279 g/mol. The topological polar surface area (TPSA) is 77.2 Å². The van der Waals surface area contributed by atoms with Crippen LogP contribution < -0.4 is 15.8 Å². The number of rotatable bonds is 9. The van der Waals surface area contributed by atoms with Gasteiger partial charge in [-0.05, 0) is 39.3 Å². The van der Waals surface area contributed by atoms with Crippen molar-refractivity contribution in [2.75, 3.05) is 6.54 Å². The second-order valence-corrected chi connectivity index (χ2v) is 5.01. The van der Waals surface area contributed by atoms with Crippen LogP contribution in [0.1, 0.15) is 45.1 Å². The fourth-order valence-electron chi connectivity index (χ4n) is 1.78. The van der Waals surface area contributed by atoms with E-state index < -0.39 is 0 Å². The Kier molecular flexibility index (Phi) is 7.65. The summed E-state index contributed by atoms with van der Waals surface area (Å²) in [4.78, 5) is 15.9. The molecule has 1 heterocycles. The lowest BCUT2D eigenvalue weighted by atomic mass is 10.2. The summed E-state index contributed by atoms with van der Waals surface area (Å²) in [5, 5.41) is 2.90. The van der Waals surface area contributed by atoms with Gasteiger partial charge in [0.05, 0.1) is 6.10 Å². The lowest BCUT2D eigenvalue weighted by molar-refractivity contribution is -0.121. The number of nitrogens with zero attached hydrogens (tertiary/aromatic N) is 1. The van der Waals surface area contributed by atoms with Gasteiger partial charge >= 0.3 is 0 Å². The molecule has 0 bridgehead atoms. The van der Waals surface area contributed by atoms with Gasteiger partial charge in [0.15, 0.2) is 0 Å². The van der Waals surface area contributed by atoms with Crippen LogP contribution in [0.3, 0.4) is 0 Å². The molecule has 20 heavy (non-hydrogen) atoms. The van der Waals surface area contributed by atoms with Gasteiger partial charge in [0.1, 0.15) is 0 Å². The first-order valence-electron chi connectivity index (χ1n) is 7.20. The predicted molar refractivity (Wildman–Crippen MR) is 79.4 cm³/mol. The zero-order chi connectivity index (χ0) is 14.8. The van der Waals surface area contributed by atoms with Crippen molar-refractivity contribution in [2.45, 2.75) is 52.2 Å². The molecule has 5 heteroatoms. The Labute approximate surface area is 120 Å². The second-order valence-electron chi connectivity index (χ2n) is 5.01. The third-order valence-electron chi connectivity index (χ3n) is 2.78. The zero-order valence-corrected chi connectivity index (χ0v) is 12.4. The minimum Gasteiger partial charge on any atom is -0.475 e. The van der Waals surface area contributed by atoms with E-state index in [4.69, 9.17) is 10.5 Å². The first-order valence-corrected chi connectivity index (χ1v) is 7.20. The van der Waals surface area contributed by atoms with Gasteiger partial charge < -0.3 is 15.8 Å². The van der Waals surface area contributed by atoms with E-state index in [2.05, 4.69) is 10.3 Å². The minimum absolute atomic E-state index is 0.0568. The fraction of sp³-hybridized carbons (Fsp3) is 0.600. The Hall–Kier alpha value is -1.62. The van der Waals surface area contributed by atoms with Crippen LogP contribution in [-0.4, -0.2) is 23.5 Å². The number of hydrogen-bond acceptors (Lipinski definition) is 4. The van der Waals surface area contributed by atoms with Crippen molar-refractivity contribution < 1.29 is 9.53 Å². The molecule has 1 aromatic heterocycles. The van der Waals surface area contributed by atoms with E-state index in [0.717, 1.165) is 24.8 Å². The molecule has 0 radical (unpaired) electrons. The highest BCUT2D eigenvalue weighted by Crippen LogP contribution is 2.15. The van der Waals surface area contributed by atoms with E-state index in [1.807, 2.05) is 26.0 Å². The highest BCUT2D eigenvalue weighted by atomic mass is 16.5. The normalized spacial score (nSPS) is 10.6. The van der Waals surface area contributed by atoms with Crippen molar-refractivity contribution >= 4 is 5.91 Å². The highest BCUT2D eigenvalue weighted by molar-refractivity contribution is 5.75. The molecule has 3 N–H and O–H groups in total. The molecule has 1 amide bonds. The molecule has 0 saturated carbocycles. The summed E-state index contributed by atoms with van der Waals surface area (Å²) in [5.41, 5.74) is 6.31. The number of amides is 1. The third kappa shape index (κ3) is 6.52.